The highest BCUT2D eigenvalue weighted by atomic mass is 16.8. The Bertz CT molecular complexity index is 2570. The van der Waals surface area contributed by atoms with Crippen LogP contribution in [0.5, 0.6) is 0 Å². The van der Waals surface area contributed by atoms with Crippen LogP contribution in [0.25, 0.3) is 0 Å². The molecular formula is C56H96N4O41. The van der Waals surface area contributed by atoms with Crippen LogP contribution >= 0.6 is 0 Å². The van der Waals surface area contributed by atoms with Crippen molar-refractivity contribution in [1.82, 2.24) is 16.0 Å². The maximum atomic E-state index is 13.0. The van der Waals surface area contributed by atoms with Crippen LogP contribution in [0.4, 0.5) is 0 Å². The van der Waals surface area contributed by atoms with Gasteiger partial charge < -0.3 is 210 Å². The second kappa shape index (κ2) is 37.1. The molecule has 0 aromatic carbocycles. The van der Waals surface area contributed by atoms with E-state index in [1.54, 1.807) is 0 Å². The van der Waals surface area contributed by atoms with Crippen molar-refractivity contribution in [3.63, 3.8) is 0 Å². The first-order valence-electron chi connectivity index (χ1n) is 32.3. The summed E-state index contributed by atoms with van der Waals surface area (Å²) in [6.07, 6.45) is -74.9. The molecule has 8 fully saturated rings. The van der Waals surface area contributed by atoms with Gasteiger partial charge in [-0.2, -0.15) is 0 Å². The van der Waals surface area contributed by atoms with E-state index in [0.29, 0.717) is 0 Å². The van der Waals surface area contributed by atoms with Crippen molar-refractivity contribution < 1.29 is 203 Å². The van der Waals surface area contributed by atoms with E-state index in [0.717, 1.165) is 20.8 Å². The van der Waals surface area contributed by atoms with Crippen molar-refractivity contribution in [1.29, 1.82) is 0 Å². The second-order valence-corrected chi connectivity index (χ2v) is 25.3. The largest absolute Gasteiger partial charge is 0.394 e. The molecule has 18 unspecified atom stereocenters. The van der Waals surface area contributed by atoms with E-state index in [2.05, 4.69) is 16.0 Å². The first-order valence-corrected chi connectivity index (χ1v) is 32.3. The third-order valence-electron chi connectivity index (χ3n) is 18.2. The summed E-state index contributed by atoms with van der Waals surface area (Å²) in [7, 11) is 0. The lowest BCUT2D eigenvalue weighted by atomic mass is 9.93. The zero-order chi connectivity index (χ0) is 74.3. The molecule has 8 saturated heterocycles. The Morgan fingerprint density at radius 3 is 1.04 bits per heavy atom. The van der Waals surface area contributed by atoms with Crippen molar-refractivity contribution in [2.45, 2.75) is 266 Å². The minimum absolute atomic E-state index is 0.0506. The molecule has 0 spiro atoms. The summed E-state index contributed by atoms with van der Waals surface area (Å²) in [5.41, 5.74) is 5.60. The first-order chi connectivity index (χ1) is 47.9. The van der Waals surface area contributed by atoms with Crippen molar-refractivity contribution in [2.75, 3.05) is 66.0 Å². The summed E-state index contributed by atoms with van der Waals surface area (Å²) in [4.78, 5) is 37.8. The Hall–Kier alpha value is -3.15. The van der Waals surface area contributed by atoms with Gasteiger partial charge in [0.15, 0.2) is 50.3 Å². The molecule has 8 rings (SSSR count). The van der Waals surface area contributed by atoms with E-state index in [9.17, 15) is 127 Å². The van der Waals surface area contributed by atoms with E-state index in [1.807, 2.05) is 0 Å². The molecule has 0 aliphatic carbocycles. The number of aliphatic hydroxyl groups is 22. The van der Waals surface area contributed by atoms with Crippen LogP contribution in [0.1, 0.15) is 20.8 Å². The minimum Gasteiger partial charge on any atom is -0.394 e. The summed E-state index contributed by atoms with van der Waals surface area (Å²) < 4.78 is 93.9. The molecule has 8 heterocycles. The van der Waals surface area contributed by atoms with Gasteiger partial charge in [-0.05, 0) is 0 Å². The van der Waals surface area contributed by atoms with E-state index in [1.165, 1.54) is 0 Å². The average Bonchev–Trinajstić information content (AvgIpc) is 0.778. The van der Waals surface area contributed by atoms with Crippen molar-refractivity contribution in [3.8, 4) is 0 Å². The molecule has 0 bridgehead atoms. The topological polar surface area (TPSA) is 706 Å². The molecule has 3 amide bonds. The lowest BCUT2D eigenvalue weighted by molar-refractivity contribution is -0.396. The molecule has 0 aromatic rings. The van der Waals surface area contributed by atoms with Gasteiger partial charge in [0.2, 0.25) is 17.7 Å². The molecule has 45 nitrogen and oxygen atoms in total. The number of nitrogens with one attached hydrogen (secondary N) is 3. The van der Waals surface area contributed by atoms with Gasteiger partial charge in [-0.3, -0.25) is 14.4 Å². The minimum atomic E-state index is -2.50. The van der Waals surface area contributed by atoms with Crippen LogP contribution in [0.2, 0.25) is 0 Å². The number of amides is 3. The molecule has 8 aliphatic rings. The molecule has 45 heteroatoms. The third-order valence-corrected chi connectivity index (χ3v) is 18.2. The lowest BCUT2D eigenvalue weighted by Crippen LogP contribution is -2.71. The Morgan fingerprint density at radius 2 is 0.584 bits per heavy atom. The van der Waals surface area contributed by atoms with Crippen LogP contribution in [-0.4, -0.2) is 442 Å². The third kappa shape index (κ3) is 18.9. The monoisotopic (exact) mass is 1480 g/mol. The summed E-state index contributed by atoms with van der Waals surface area (Å²) in [6.45, 7) is -5.36. The fourth-order valence-electron chi connectivity index (χ4n) is 12.8. The van der Waals surface area contributed by atoms with Gasteiger partial charge in [-0.25, -0.2) is 0 Å². The molecule has 40 atom stereocenters. The standard InChI is InChI=1S/C56H96N4O41/c1-14(67)58-25-34(76)28(70)17(6-61)89-50(25)101-48-39(81)31(73)20(9-64)92-56(48)100-47-33(75)24(13-88-53-42(84)46(99-54-41(83)38(80)30(72)19(8-63)91-54)32(74)23(95-53)12-87-52-40(82)37(79)29(71)18(7-62)90-52)96-55(43(47)85)98-45-22(11-66)94-51(27(36(45)78)60-16(3)69)97-44-21(10-65)93-49(86-5-4-57)26(35(44)77)59-15(2)68/h17-56,61-66,70-85H,4-13,57H2,1-3H3,(H,58,67)(H,59,68)(H,60,69)/t17?,18?,19?,20?,21?,22?,23?,24?,25?,26?,27?,28-,29-,30-,31-,32-,33-,34-,35-,36-,37+,38?,39?,40?,41?,42?,43?,44-,45-,46+,47+,48?,49-,50+,51+,52+,53+,54-,55+,56-/m1/s1. The van der Waals surface area contributed by atoms with Crippen LogP contribution in [-0.2, 0) is 90.2 Å². The maximum Gasteiger partial charge on any atom is 0.217 e. The summed E-state index contributed by atoms with van der Waals surface area (Å²) >= 11 is 0. The summed E-state index contributed by atoms with van der Waals surface area (Å²) in [5.74, 6) is -2.45. The van der Waals surface area contributed by atoms with Crippen molar-refractivity contribution in [3.05, 3.63) is 0 Å². The first kappa shape index (κ1) is 83.5. The summed E-state index contributed by atoms with van der Waals surface area (Å²) in [6, 6.07) is -5.06. The van der Waals surface area contributed by atoms with Gasteiger partial charge in [0.05, 0.1) is 59.5 Å². The zero-order valence-corrected chi connectivity index (χ0v) is 54.3. The number of ether oxygens (including phenoxy) is 16. The Labute approximate surface area is 573 Å². The number of carbonyl (C=O) groups excluding carboxylic acids is 3. The van der Waals surface area contributed by atoms with Crippen LogP contribution in [0, 0.1) is 0 Å². The van der Waals surface area contributed by atoms with Crippen LogP contribution in [0.3, 0.4) is 0 Å². The van der Waals surface area contributed by atoms with Gasteiger partial charge in [0, 0.05) is 27.3 Å². The van der Waals surface area contributed by atoms with E-state index in [-0.39, 0.29) is 13.2 Å². The van der Waals surface area contributed by atoms with Crippen molar-refractivity contribution >= 4 is 17.7 Å². The fraction of sp³-hybridized carbons (Fsp3) is 0.946. The molecule has 8 aliphatic heterocycles. The Kier molecular flexibility index (Phi) is 30.7. The van der Waals surface area contributed by atoms with E-state index >= 15 is 0 Å². The molecule has 0 radical (unpaired) electrons. The molecule has 101 heavy (non-hydrogen) atoms. The number of nitrogens with two attached hydrogens (primary N) is 1. The highest BCUT2D eigenvalue weighted by Crippen LogP contribution is 2.39. The van der Waals surface area contributed by atoms with E-state index in [4.69, 9.17) is 81.5 Å². The number of hydrogen-bond donors (Lipinski definition) is 26. The van der Waals surface area contributed by atoms with Crippen LogP contribution < -0.4 is 21.7 Å². The normalized spacial score (nSPS) is 48.4. The fourth-order valence-corrected chi connectivity index (χ4v) is 12.8. The van der Waals surface area contributed by atoms with Crippen LogP contribution in [0.15, 0.2) is 0 Å². The average molecular weight is 1480 g/mol. The SMILES string of the molecule is CC(=O)NC1[C@H](OC2C(O)[C@H](O)C(CO)O[C@@H]2O[C@@H]2C(O)[C@H](O[C@@H]3C(CO)O[C@@H](O[C@@H]4C(CO)O[C@@H](OCCN)C(NC(C)=O)[C@H]4O)C(NC(C)=O)[C@H]3O)OC(CO[C@H]3OC(CO[C@H]4OC(CO)[C@@H](O)[C@H](O)C4O)[C@@H](O)[C@H](O[C@H]4OC(CO)[C@@H](O)C(O)C4O)C3O)[C@H]2O)OC(CO)[C@@H](O)[C@@H]1O. The number of carbonyl (C=O) groups is 3. The predicted molar refractivity (Wildman–Crippen MR) is 312 cm³/mol. The van der Waals surface area contributed by atoms with Crippen molar-refractivity contribution in [2.24, 2.45) is 5.73 Å². The molecule has 586 valence electrons. The number of rotatable bonds is 28. The quantitative estimate of drug-likeness (QED) is 0.0346. The Balaban J connectivity index is 1.14. The van der Waals surface area contributed by atoms with Gasteiger partial charge in [-0.15, -0.1) is 0 Å². The maximum absolute atomic E-state index is 13.0. The highest BCUT2D eigenvalue weighted by molar-refractivity contribution is 5.74. The molecule has 0 saturated carbocycles. The zero-order valence-electron chi connectivity index (χ0n) is 54.3. The van der Waals surface area contributed by atoms with Gasteiger partial charge in [-0.1, -0.05) is 0 Å². The Morgan fingerprint density at radius 1 is 0.287 bits per heavy atom. The summed E-state index contributed by atoms with van der Waals surface area (Å²) in [5, 5.41) is 250. The smallest absolute Gasteiger partial charge is 0.217 e. The number of hydrogen-bond acceptors (Lipinski definition) is 42. The molecular weight excluding hydrogens is 1380 g/mol. The second-order valence-electron chi connectivity index (χ2n) is 25.3. The van der Waals surface area contributed by atoms with Gasteiger partial charge in [0.25, 0.3) is 0 Å². The van der Waals surface area contributed by atoms with Gasteiger partial charge in [0.1, 0.15) is 195 Å². The molecule has 0 aromatic heterocycles. The highest BCUT2D eigenvalue weighted by Gasteiger charge is 2.60. The number of aliphatic hydroxyl groups excluding tert-OH is 22. The predicted octanol–water partition coefficient (Wildman–Crippen LogP) is -18.0. The van der Waals surface area contributed by atoms with E-state index < -0.39 is 316 Å². The lowest BCUT2D eigenvalue weighted by Gasteiger charge is -2.51. The van der Waals surface area contributed by atoms with Gasteiger partial charge >= 0.3 is 0 Å². The molecule has 27 N–H and O–H groups in total.